The Morgan fingerprint density at radius 2 is 2.11 bits per heavy atom. The van der Waals surface area contributed by atoms with E-state index in [0.29, 0.717) is 0 Å². The lowest BCUT2D eigenvalue weighted by molar-refractivity contribution is -0.126. The number of amides is 2. The van der Waals surface area contributed by atoms with E-state index in [1.165, 1.54) is 0 Å². The molecule has 5 N–H and O–H groups in total. The Balaban J connectivity index is 2.62. The van der Waals surface area contributed by atoms with Crippen molar-refractivity contribution in [3.63, 3.8) is 0 Å². The lowest BCUT2D eigenvalue weighted by Gasteiger charge is -2.17. The van der Waals surface area contributed by atoms with E-state index in [0.717, 1.165) is 10.0 Å². The highest BCUT2D eigenvalue weighted by Crippen LogP contribution is 2.17. The van der Waals surface area contributed by atoms with E-state index in [-0.39, 0.29) is 18.4 Å². The van der Waals surface area contributed by atoms with Gasteiger partial charge in [0.15, 0.2) is 0 Å². The van der Waals surface area contributed by atoms with Crippen LogP contribution < -0.4 is 16.8 Å². The molecule has 0 aliphatic rings. The minimum atomic E-state index is -0.905. The van der Waals surface area contributed by atoms with Crippen molar-refractivity contribution in [3.05, 3.63) is 34.3 Å². The van der Waals surface area contributed by atoms with Crippen molar-refractivity contribution in [2.24, 2.45) is 11.5 Å². The van der Waals surface area contributed by atoms with Gasteiger partial charge in [-0.3, -0.25) is 9.59 Å². The summed E-state index contributed by atoms with van der Waals surface area (Å²) in [7, 11) is 0. The Kier molecular flexibility index (Phi) is 5.30. The number of carbonyl (C=O) groups excluding carboxylic acids is 2. The Morgan fingerprint density at radius 3 is 2.67 bits per heavy atom. The molecule has 5 nitrogen and oxygen atoms in total. The fourth-order valence-electron chi connectivity index (χ4n) is 1.49. The molecule has 2 amide bonds. The minimum absolute atomic E-state index is 0.156. The summed E-state index contributed by atoms with van der Waals surface area (Å²) in [6, 6.07) is 6.49. The summed E-state index contributed by atoms with van der Waals surface area (Å²) >= 11 is 3.36. The zero-order chi connectivity index (χ0) is 13.7. The molecule has 0 aliphatic carbocycles. The lowest BCUT2D eigenvalue weighted by atomic mass is 10.1. The second-order valence-electron chi connectivity index (χ2n) is 4.06. The van der Waals surface area contributed by atoms with E-state index in [1.807, 2.05) is 31.2 Å². The van der Waals surface area contributed by atoms with Crippen LogP contribution in [0.3, 0.4) is 0 Å². The first-order valence-electron chi connectivity index (χ1n) is 5.50. The molecule has 1 rings (SSSR count). The van der Waals surface area contributed by atoms with Gasteiger partial charge in [-0.1, -0.05) is 28.1 Å². The van der Waals surface area contributed by atoms with Gasteiger partial charge < -0.3 is 16.8 Å². The van der Waals surface area contributed by atoms with Crippen LogP contribution in [0.1, 0.15) is 24.9 Å². The first-order valence-corrected chi connectivity index (χ1v) is 6.29. The molecule has 18 heavy (non-hydrogen) atoms. The van der Waals surface area contributed by atoms with E-state index in [9.17, 15) is 9.59 Å². The number of carbonyl (C=O) groups is 2. The molecule has 1 aromatic rings. The van der Waals surface area contributed by atoms with Gasteiger partial charge in [0.2, 0.25) is 11.8 Å². The van der Waals surface area contributed by atoms with Crippen LogP contribution in [-0.2, 0) is 9.59 Å². The second kappa shape index (κ2) is 6.51. The van der Waals surface area contributed by atoms with Crippen molar-refractivity contribution in [1.82, 2.24) is 5.32 Å². The number of benzene rings is 1. The Bertz CT molecular complexity index is 451. The molecule has 0 radical (unpaired) electrons. The minimum Gasteiger partial charge on any atom is -0.370 e. The summed E-state index contributed by atoms with van der Waals surface area (Å²) in [5, 5.41) is 2.74. The maximum absolute atomic E-state index is 11.7. The standard InChI is InChI=1S/C12H16BrN3O2/c1-7(8-3-2-4-9(13)5-8)16-12(18)10(14)6-11(15)17/h2-5,7,10H,6,14H2,1H3,(H2,15,17)(H,16,18). The van der Waals surface area contributed by atoms with Gasteiger partial charge in [-0.05, 0) is 24.6 Å². The van der Waals surface area contributed by atoms with E-state index < -0.39 is 11.9 Å². The molecule has 0 saturated heterocycles. The molecule has 0 aromatic heterocycles. The summed E-state index contributed by atoms with van der Waals surface area (Å²) in [4.78, 5) is 22.4. The van der Waals surface area contributed by atoms with Crippen molar-refractivity contribution in [2.45, 2.75) is 25.4 Å². The highest BCUT2D eigenvalue weighted by Gasteiger charge is 2.18. The Hall–Kier alpha value is -1.40. The van der Waals surface area contributed by atoms with Crippen LogP contribution >= 0.6 is 15.9 Å². The highest BCUT2D eigenvalue weighted by atomic mass is 79.9. The second-order valence-corrected chi connectivity index (χ2v) is 4.98. The zero-order valence-corrected chi connectivity index (χ0v) is 11.6. The predicted molar refractivity (Wildman–Crippen MR) is 72.5 cm³/mol. The van der Waals surface area contributed by atoms with Gasteiger partial charge >= 0.3 is 0 Å². The average Bonchev–Trinajstić information content (AvgIpc) is 2.27. The van der Waals surface area contributed by atoms with Gasteiger partial charge in [-0.25, -0.2) is 0 Å². The van der Waals surface area contributed by atoms with Crippen molar-refractivity contribution in [3.8, 4) is 0 Å². The number of primary amides is 1. The molecule has 0 spiro atoms. The molecule has 2 unspecified atom stereocenters. The molecule has 1 aromatic carbocycles. The van der Waals surface area contributed by atoms with Crippen LogP contribution in [0.25, 0.3) is 0 Å². The first-order chi connectivity index (χ1) is 8.40. The molecular formula is C12H16BrN3O2. The largest absolute Gasteiger partial charge is 0.370 e. The third kappa shape index (κ3) is 4.46. The van der Waals surface area contributed by atoms with Gasteiger partial charge in [0.05, 0.1) is 18.5 Å². The molecule has 0 saturated carbocycles. The van der Waals surface area contributed by atoms with E-state index in [1.54, 1.807) is 0 Å². The Labute approximate surface area is 114 Å². The van der Waals surface area contributed by atoms with Gasteiger partial charge in [0, 0.05) is 4.47 Å². The van der Waals surface area contributed by atoms with Crippen molar-refractivity contribution in [2.75, 3.05) is 0 Å². The topological polar surface area (TPSA) is 98.2 Å². The van der Waals surface area contributed by atoms with Gasteiger partial charge in [0.25, 0.3) is 0 Å². The molecule has 0 aliphatic heterocycles. The number of halogens is 1. The summed E-state index contributed by atoms with van der Waals surface area (Å²) in [5.41, 5.74) is 11.5. The lowest BCUT2D eigenvalue weighted by Crippen LogP contribution is -2.43. The molecule has 6 heteroatoms. The maximum atomic E-state index is 11.7. The van der Waals surface area contributed by atoms with Crippen molar-refractivity contribution < 1.29 is 9.59 Å². The summed E-state index contributed by atoms with van der Waals surface area (Å²) in [6.45, 7) is 1.84. The monoisotopic (exact) mass is 313 g/mol. The molecule has 0 heterocycles. The maximum Gasteiger partial charge on any atom is 0.237 e. The van der Waals surface area contributed by atoms with Crippen LogP contribution in [0.5, 0.6) is 0 Å². The molecular weight excluding hydrogens is 298 g/mol. The summed E-state index contributed by atoms with van der Waals surface area (Å²) in [6.07, 6.45) is -0.156. The fourth-order valence-corrected chi connectivity index (χ4v) is 1.91. The van der Waals surface area contributed by atoms with E-state index >= 15 is 0 Å². The summed E-state index contributed by atoms with van der Waals surface area (Å²) < 4.78 is 0.933. The van der Waals surface area contributed by atoms with Gasteiger partial charge in [-0.2, -0.15) is 0 Å². The van der Waals surface area contributed by atoms with Crippen LogP contribution in [0, 0.1) is 0 Å². The number of hydrogen-bond donors (Lipinski definition) is 3. The van der Waals surface area contributed by atoms with Gasteiger partial charge in [0.1, 0.15) is 0 Å². The van der Waals surface area contributed by atoms with Crippen molar-refractivity contribution >= 4 is 27.7 Å². The van der Waals surface area contributed by atoms with E-state index in [4.69, 9.17) is 11.5 Å². The van der Waals surface area contributed by atoms with E-state index in [2.05, 4.69) is 21.2 Å². The SMILES string of the molecule is CC(NC(=O)C(N)CC(N)=O)c1cccc(Br)c1. The quantitative estimate of drug-likeness (QED) is 0.751. The predicted octanol–water partition coefficient (Wildman–Crippen LogP) is 0.829. The van der Waals surface area contributed by atoms with Crippen LogP contribution in [0.4, 0.5) is 0 Å². The normalized spacial score (nSPS) is 13.7. The van der Waals surface area contributed by atoms with Crippen LogP contribution in [0.15, 0.2) is 28.7 Å². The number of nitrogens with one attached hydrogen (secondary N) is 1. The third-order valence-corrected chi connectivity index (χ3v) is 2.96. The van der Waals surface area contributed by atoms with Crippen LogP contribution in [-0.4, -0.2) is 17.9 Å². The summed E-state index contributed by atoms with van der Waals surface area (Å²) in [5.74, 6) is -0.978. The third-order valence-electron chi connectivity index (χ3n) is 2.47. The number of rotatable bonds is 5. The highest BCUT2D eigenvalue weighted by molar-refractivity contribution is 9.10. The zero-order valence-electron chi connectivity index (χ0n) is 10.0. The molecule has 98 valence electrons. The molecule has 0 fully saturated rings. The molecule has 2 atom stereocenters. The van der Waals surface area contributed by atoms with Crippen LogP contribution in [0.2, 0.25) is 0 Å². The van der Waals surface area contributed by atoms with Gasteiger partial charge in [-0.15, -0.1) is 0 Å². The smallest absolute Gasteiger partial charge is 0.237 e. The fraction of sp³-hybridized carbons (Fsp3) is 0.333. The molecule has 0 bridgehead atoms. The number of nitrogens with two attached hydrogens (primary N) is 2. The van der Waals surface area contributed by atoms with Crippen molar-refractivity contribution in [1.29, 1.82) is 0 Å². The Morgan fingerprint density at radius 1 is 1.44 bits per heavy atom. The number of hydrogen-bond acceptors (Lipinski definition) is 3. The average molecular weight is 314 g/mol. The first kappa shape index (κ1) is 14.7.